The minimum absolute atomic E-state index is 0.109. The number of alkyl halides is 3. The highest BCUT2D eigenvalue weighted by molar-refractivity contribution is 6.33. The Bertz CT molecular complexity index is 1390. The fourth-order valence-corrected chi connectivity index (χ4v) is 5.71. The molecular formula is C27H23Cl2F3N2O2. The molecule has 0 saturated heterocycles. The molecule has 0 spiro atoms. The van der Waals surface area contributed by atoms with Gasteiger partial charge in [-0.05, 0) is 55.4 Å². The first-order valence-corrected chi connectivity index (χ1v) is 12.6. The zero-order chi connectivity index (χ0) is 25.4. The number of benzene rings is 1. The third-order valence-electron chi connectivity index (χ3n) is 6.98. The lowest BCUT2D eigenvalue weighted by Crippen LogP contribution is -2.18. The lowest BCUT2D eigenvalue weighted by atomic mass is 9.81. The summed E-state index contributed by atoms with van der Waals surface area (Å²) in [5.41, 5.74) is 0.405. The van der Waals surface area contributed by atoms with Gasteiger partial charge in [-0.3, -0.25) is 9.20 Å². The van der Waals surface area contributed by atoms with Gasteiger partial charge in [0.05, 0.1) is 18.1 Å². The maximum absolute atomic E-state index is 13.9. The highest BCUT2D eigenvalue weighted by Gasteiger charge is 2.37. The quantitative estimate of drug-likeness (QED) is 0.245. The van der Waals surface area contributed by atoms with Gasteiger partial charge in [0.15, 0.2) is 11.4 Å². The fraction of sp³-hybridized carbons (Fsp3) is 0.333. The number of Topliss-reactive ketones (excluding diaryl/α,β-unsaturated/α-hetero) is 1. The van der Waals surface area contributed by atoms with Gasteiger partial charge >= 0.3 is 6.18 Å². The lowest BCUT2D eigenvalue weighted by Gasteiger charge is -2.24. The van der Waals surface area contributed by atoms with Gasteiger partial charge in [0.1, 0.15) is 10.8 Å². The SMILES string of the molecule is O=C(c1nc2c(C(F)(F)F)cc(-c3ccoc3)cn2c1Cl)C1CCCC(c2ccccc2Cl)CCC1. The number of pyridine rings is 1. The van der Waals surface area contributed by atoms with Gasteiger partial charge in [0.2, 0.25) is 0 Å². The van der Waals surface area contributed by atoms with Gasteiger partial charge < -0.3 is 4.42 Å². The molecule has 1 saturated carbocycles. The van der Waals surface area contributed by atoms with Crippen LogP contribution in [0, 0.1) is 5.92 Å². The number of carbonyl (C=O) groups is 1. The number of aromatic nitrogens is 2. The molecule has 0 bridgehead atoms. The summed E-state index contributed by atoms with van der Waals surface area (Å²) in [7, 11) is 0. The zero-order valence-corrected chi connectivity index (χ0v) is 20.7. The first-order chi connectivity index (χ1) is 17.2. The summed E-state index contributed by atoms with van der Waals surface area (Å²) < 4.78 is 47.9. The highest BCUT2D eigenvalue weighted by Crippen LogP contribution is 2.39. The maximum Gasteiger partial charge on any atom is 0.420 e. The van der Waals surface area contributed by atoms with Crippen LogP contribution in [0.2, 0.25) is 10.2 Å². The van der Waals surface area contributed by atoms with Crippen molar-refractivity contribution in [2.45, 2.75) is 50.6 Å². The predicted octanol–water partition coefficient (Wildman–Crippen LogP) is 8.86. The Hall–Kier alpha value is -2.77. The number of rotatable bonds is 4. The third kappa shape index (κ3) is 4.78. The molecule has 9 heteroatoms. The first kappa shape index (κ1) is 24.9. The number of furan rings is 1. The van der Waals surface area contributed by atoms with E-state index >= 15 is 0 Å². The van der Waals surface area contributed by atoms with Crippen molar-refractivity contribution in [1.82, 2.24) is 9.38 Å². The number of hydrogen-bond acceptors (Lipinski definition) is 3. The monoisotopic (exact) mass is 534 g/mol. The predicted molar refractivity (Wildman–Crippen MR) is 133 cm³/mol. The second-order valence-electron chi connectivity index (χ2n) is 9.24. The van der Waals surface area contributed by atoms with Crippen LogP contribution in [-0.4, -0.2) is 15.2 Å². The van der Waals surface area contributed by atoms with Crippen LogP contribution in [0.5, 0.6) is 0 Å². The minimum atomic E-state index is -4.68. The van der Waals surface area contributed by atoms with Crippen molar-refractivity contribution in [3.05, 3.63) is 82.1 Å². The van der Waals surface area contributed by atoms with Crippen LogP contribution in [-0.2, 0) is 6.18 Å². The van der Waals surface area contributed by atoms with Gasteiger partial charge in [0, 0.05) is 28.3 Å². The Balaban J connectivity index is 1.43. The van der Waals surface area contributed by atoms with Gasteiger partial charge in [-0.1, -0.05) is 54.2 Å². The van der Waals surface area contributed by atoms with E-state index in [0.29, 0.717) is 24.3 Å². The Morgan fingerprint density at radius 1 is 1.03 bits per heavy atom. The maximum atomic E-state index is 13.9. The summed E-state index contributed by atoms with van der Waals surface area (Å²) in [6.07, 6.45) is 4.12. The van der Waals surface area contributed by atoms with Crippen LogP contribution in [0.3, 0.4) is 0 Å². The molecule has 0 atom stereocenters. The molecule has 4 aromatic rings. The smallest absolute Gasteiger partial charge is 0.420 e. The molecule has 0 aliphatic heterocycles. The van der Waals surface area contributed by atoms with E-state index in [0.717, 1.165) is 46.7 Å². The minimum Gasteiger partial charge on any atom is -0.472 e. The summed E-state index contributed by atoms with van der Waals surface area (Å²) in [6, 6.07) is 10.4. The van der Waals surface area contributed by atoms with Gasteiger partial charge in [-0.25, -0.2) is 4.98 Å². The third-order valence-corrected chi connectivity index (χ3v) is 7.69. The number of ketones is 1. The van der Waals surface area contributed by atoms with Crippen LogP contribution in [0.15, 0.2) is 59.5 Å². The van der Waals surface area contributed by atoms with Crippen molar-refractivity contribution in [3.8, 4) is 11.1 Å². The van der Waals surface area contributed by atoms with E-state index < -0.39 is 11.7 Å². The van der Waals surface area contributed by atoms with E-state index in [1.807, 2.05) is 24.3 Å². The lowest BCUT2D eigenvalue weighted by molar-refractivity contribution is -0.136. The zero-order valence-electron chi connectivity index (χ0n) is 19.2. The number of halogens is 5. The molecule has 0 radical (unpaired) electrons. The molecule has 3 aromatic heterocycles. The molecule has 1 fully saturated rings. The number of carbonyl (C=O) groups excluding carboxylic acids is 1. The molecule has 0 amide bonds. The van der Waals surface area contributed by atoms with Crippen molar-refractivity contribution in [2.75, 3.05) is 0 Å². The first-order valence-electron chi connectivity index (χ1n) is 11.8. The Kier molecular flexibility index (Phi) is 6.88. The molecule has 1 aliphatic rings. The largest absolute Gasteiger partial charge is 0.472 e. The van der Waals surface area contributed by atoms with Gasteiger partial charge in [-0.2, -0.15) is 13.2 Å². The molecule has 5 rings (SSSR count). The van der Waals surface area contributed by atoms with Crippen molar-refractivity contribution >= 4 is 34.6 Å². The van der Waals surface area contributed by atoms with Crippen LogP contribution in [0.1, 0.15) is 66.1 Å². The van der Waals surface area contributed by atoms with E-state index in [2.05, 4.69) is 4.98 Å². The second kappa shape index (κ2) is 9.94. The fourth-order valence-electron chi connectivity index (χ4n) is 5.15. The number of hydrogen-bond donors (Lipinski definition) is 0. The summed E-state index contributed by atoms with van der Waals surface area (Å²) in [4.78, 5) is 17.6. The van der Waals surface area contributed by atoms with E-state index in [1.54, 1.807) is 6.07 Å². The molecule has 1 aliphatic carbocycles. The average molecular weight is 535 g/mol. The summed E-state index contributed by atoms with van der Waals surface area (Å²) in [5.74, 6) is -0.329. The number of fused-ring (bicyclic) bond motifs is 1. The van der Waals surface area contributed by atoms with Crippen LogP contribution >= 0.6 is 23.2 Å². The second-order valence-corrected chi connectivity index (χ2v) is 10.0. The van der Waals surface area contributed by atoms with Crippen LogP contribution < -0.4 is 0 Å². The molecule has 0 unspecified atom stereocenters. The Morgan fingerprint density at radius 2 is 1.75 bits per heavy atom. The summed E-state index contributed by atoms with van der Waals surface area (Å²) in [6.45, 7) is 0. The standard InChI is InChI=1S/C27H23Cl2F3N2O2/c28-22-10-2-1-9-20(22)16-5-3-7-17(8-4-6-16)24(35)23-25(29)34-14-19(18-11-12-36-15-18)13-21(26(34)33-23)27(30,31)32/h1-2,9-17H,3-8H2. The molecule has 36 heavy (non-hydrogen) atoms. The highest BCUT2D eigenvalue weighted by atomic mass is 35.5. The van der Waals surface area contributed by atoms with Crippen molar-refractivity contribution < 1.29 is 22.4 Å². The number of nitrogens with zero attached hydrogens (tertiary/aromatic N) is 2. The van der Waals surface area contributed by atoms with Gasteiger partial charge in [-0.15, -0.1) is 0 Å². The number of imidazole rings is 1. The Morgan fingerprint density at radius 3 is 2.39 bits per heavy atom. The van der Waals surface area contributed by atoms with E-state index in [9.17, 15) is 18.0 Å². The van der Waals surface area contributed by atoms with Gasteiger partial charge in [0.25, 0.3) is 0 Å². The van der Waals surface area contributed by atoms with E-state index in [4.69, 9.17) is 27.6 Å². The summed E-state index contributed by atoms with van der Waals surface area (Å²) in [5, 5.41) is 0.643. The Labute approximate surface area is 216 Å². The average Bonchev–Trinajstić information content (AvgIpc) is 3.47. The normalized spacial score (nSPS) is 19.2. The molecule has 3 heterocycles. The van der Waals surface area contributed by atoms with E-state index in [1.165, 1.54) is 18.7 Å². The van der Waals surface area contributed by atoms with E-state index in [-0.39, 0.29) is 33.8 Å². The summed E-state index contributed by atoms with van der Waals surface area (Å²) >= 11 is 12.9. The molecule has 4 nitrogen and oxygen atoms in total. The van der Waals surface area contributed by atoms with Crippen molar-refractivity contribution in [2.24, 2.45) is 5.92 Å². The van der Waals surface area contributed by atoms with Crippen molar-refractivity contribution in [3.63, 3.8) is 0 Å². The molecular weight excluding hydrogens is 512 g/mol. The van der Waals surface area contributed by atoms with Crippen LogP contribution in [0.4, 0.5) is 13.2 Å². The molecule has 0 N–H and O–H groups in total. The molecule has 1 aromatic carbocycles. The van der Waals surface area contributed by atoms with Crippen molar-refractivity contribution in [1.29, 1.82) is 0 Å². The van der Waals surface area contributed by atoms with Crippen LogP contribution in [0.25, 0.3) is 16.8 Å². The topological polar surface area (TPSA) is 47.5 Å². The molecule has 188 valence electrons.